The van der Waals surface area contributed by atoms with Crippen molar-refractivity contribution < 1.29 is 19.1 Å². The van der Waals surface area contributed by atoms with E-state index in [9.17, 15) is 19.2 Å². The topological polar surface area (TPSA) is 114 Å². The van der Waals surface area contributed by atoms with E-state index in [2.05, 4.69) is 10.4 Å². The second-order valence-electron chi connectivity index (χ2n) is 7.90. The highest BCUT2D eigenvalue weighted by Gasteiger charge is 2.31. The van der Waals surface area contributed by atoms with Crippen LogP contribution in [0.2, 0.25) is 0 Å². The van der Waals surface area contributed by atoms with Gasteiger partial charge in [0.25, 0.3) is 11.5 Å². The van der Waals surface area contributed by atoms with Crippen LogP contribution in [0.5, 0.6) is 0 Å². The maximum atomic E-state index is 12.2. The van der Waals surface area contributed by atoms with Gasteiger partial charge in [-0.15, -0.1) is 0 Å². The average molecular weight is 391 g/mol. The number of ether oxygens (including phenoxy) is 1. The SMILES string of the molecule is CC(C)(C)OC(=O)N1CCN(c2ccc(=O)n(C3CCC(=O)NC3=O)n2)CC1. The normalized spacial score (nSPS) is 20.8. The molecule has 2 aliphatic heterocycles. The summed E-state index contributed by atoms with van der Waals surface area (Å²) < 4.78 is 6.52. The summed E-state index contributed by atoms with van der Waals surface area (Å²) in [7, 11) is 0. The van der Waals surface area contributed by atoms with Gasteiger partial charge in [0, 0.05) is 38.7 Å². The quantitative estimate of drug-likeness (QED) is 0.720. The highest BCUT2D eigenvalue weighted by molar-refractivity contribution is 5.99. The molecule has 0 aromatic carbocycles. The highest BCUT2D eigenvalue weighted by Crippen LogP contribution is 2.19. The molecule has 0 saturated carbocycles. The smallest absolute Gasteiger partial charge is 0.410 e. The minimum atomic E-state index is -0.798. The van der Waals surface area contributed by atoms with E-state index in [4.69, 9.17) is 4.74 Å². The fraction of sp³-hybridized carbons (Fsp3) is 0.611. The molecule has 3 rings (SSSR count). The number of hydrogen-bond acceptors (Lipinski definition) is 7. The average Bonchev–Trinajstić information content (AvgIpc) is 2.61. The minimum Gasteiger partial charge on any atom is -0.444 e. The third-order valence-electron chi connectivity index (χ3n) is 4.57. The number of nitrogens with one attached hydrogen (secondary N) is 1. The summed E-state index contributed by atoms with van der Waals surface area (Å²) in [6.45, 7) is 7.46. The molecule has 28 heavy (non-hydrogen) atoms. The van der Waals surface area contributed by atoms with Gasteiger partial charge in [0.2, 0.25) is 5.91 Å². The molecule has 2 aliphatic rings. The van der Waals surface area contributed by atoms with Gasteiger partial charge in [-0.1, -0.05) is 0 Å². The lowest BCUT2D eigenvalue weighted by molar-refractivity contribution is -0.136. The third kappa shape index (κ3) is 4.49. The second kappa shape index (κ2) is 7.61. The summed E-state index contributed by atoms with van der Waals surface area (Å²) in [5, 5.41) is 6.59. The number of hydrogen-bond donors (Lipinski definition) is 1. The summed E-state index contributed by atoms with van der Waals surface area (Å²) in [5.41, 5.74) is -0.946. The Morgan fingerprint density at radius 1 is 1.14 bits per heavy atom. The molecule has 3 amide bonds. The van der Waals surface area contributed by atoms with Gasteiger partial charge in [-0.05, 0) is 33.3 Å². The molecule has 1 aromatic heterocycles. The van der Waals surface area contributed by atoms with Gasteiger partial charge in [0.15, 0.2) is 0 Å². The van der Waals surface area contributed by atoms with Crippen LogP contribution in [0, 0.1) is 0 Å². The van der Waals surface area contributed by atoms with Crippen molar-refractivity contribution in [3.8, 4) is 0 Å². The Labute approximate surface area is 162 Å². The van der Waals surface area contributed by atoms with Gasteiger partial charge in [-0.2, -0.15) is 5.10 Å². The van der Waals surface area contributed by atoms with Gasteiger partial charge in [-0.3, -0.25) is 19.7 Å². The van der Waals surface area contributed by atoms with E-state index < -0.39 is 23.1 Å². The van der Waals surface area contributed by atoms with E-state index in [-0.39, 0.29) is 24.8 Å². The predicted molar refractivity (Wildman–Crippen MR) is 99.9 cm³/mol. The number of anilines is 1. The summed E-state index contributed by atoms with van der Waals surface area (Å²) in [6.07, 6.45) is 0.0603. The van der Waals surface area contributed by atoms with Crippen molar-refractivity contribution in [3.63, 3.8) is 0 Å². The monoisotopic (exact) mass is 391 g/mol. The molecule has 1 unspecified atom stereocenters. The molecule has 2 saturated heterocycles. The zero-order chi connectivity index (χ0) is 20.5. The second-order valence-corrected chi connectivity index (χ2v) is 7.90. The van der Waals surface area contributed by atoms with Crippen molar-refractivity contribution in [2.24, 2.45) is 0 Å². The third-order valence-corrected chi connectivity index (χ3v) is 4.57. The van der Waals surface area contributed by atoms with Crippen LogP contribution in [-0.4, -0.2) is 64.4 Å². The summed E-state index contributed by atoms with van der Waals surface area (Å²) in [4.78, 5) is 51.4. The number of piperidine rings is 1. The molecular weight excluding hydrogens is 366 g/mol. The van der Waals surface area contributed by atoms with Crippen molar-refractivity contribution in [1.29, 1.82) is 0 Å². The first-order chi connectivity index (χ1) is 13.1. The largest absolute Gasteiger partial charge is 0.444 e. The number of imide groups is 1. The van der Waals surface area contributed by atoms with Crippen LogP contribution in [0.3, 0.4) is 0 Å². The number of nitrogens with zero attached hydrogens (tertiary/aromatic N) is 4. The molecule has 152 valence electrons. The van der Waals surface area contributed by atoms with Crippen molar-refractivity contribution in [2.45, 2.75) is 45.3 Å². The molecule has 0 radical (unpaired) electrons. The minimum absolute atomic E-state index is 0.170. The highest BCUT2D eigenvalue weighted by atomic mass is 16.6. The van der Waals surface area contributed by atoms with E-state index in [0.29, 0.717) is 32.0 Å². The van der Waals surface area contributed by atoms with Gasteiger partial charge in [0.05, 0.1) is 0 Å². The Bertz CT molecular complexity index is 836. The molecule has 3 heterocycles. The molecule has 10 heteroatoms. The number of piperazine rings is 1. The van der Waals surface area contributed by atoms with Crippen molar-refractivity contribution in [1.82, 2.24) is 20.0 Å². The van der Waals surface area contributed by atoms with Crippen molar-refractivity contribution >= 4 is 23.7 Å². The van der Waals surface area contributed by atoms with Crippen LogP contribution in [-0.2, 0) is 14.3 Å². The maximum Gasteiger partial charge on any atom is 0.410 e. The van der Waals surface area contributed by atoms with E-state index in [1.807, 2.05) is 25.7 Å². The number of aromatic nitrogens is 2. The van der Waals surface area contributed by atoms with Gasteiger partial charge < -0.3 is 14.5 Å². The zero-order valence-electron chi connectivity index (χ0n) is 16.3. The molecule has 10 nitrogen and oxygen atoms in total. The standard InChI is InChI=1S/C18H25N5O5/c1-18(2,3)28-17(27)22-10-8-21(9-11-22)13-5-7-15(25)23(20-13)12-4-6-14(24)19-16(12)26/h5,7,12H,4,6,8-11H2,1-3H3,(H,19,24,26). The lowest BCUT2D eigenvalue weighted by Gasteiger charge is -2.36. The first-order valence-corrected chi connectivity index (χ1v) is 9.30. The van der Waals surface area contributed by atoms with Crippen molar-refractivity contribution in [3.05, 3.63) is 22.5 Å². The Balaban J connectivity index is 1.69. The Kier molecular flexibility index (Phi) is 5.39. The predicted octanol–water partition coefficient (Wildman–Crippen LogP) is 0.278. The number of rotatable bonds is 2. The van der Waals surface area contributed by atoms with Gasteiger partial charge in [0.1, 0.15) is 17.5 Å². The molecule has 0 bridgehead atoms. The molecule has 0 aliphatic carbocycles. The maximum absolute atomic E-state index is 12.2. The fourth-order valence-corrected chi connectivity index (χ4v) is 3.17. The first kappa shape index (κ1) is 19.8. The number of carbonyl (C=O) groups is 3. The lowest BCUT2D eigenvalue weighted by Crippen LogP contribution is -2.51. The van der Waals surface area contributed by atoms with Crippen LogP contribution >= 0.6 is 0 Å². The van der Waals surface area contributed by atoms with E-state index in [0.717, 1.165) is 4.68 Å². The molecule has 1 atom stereocenters. The van der Waals surface area contributed by atoms with Gasteiger partial charge in [-0.25, -0.2) is 9.48 Å². The summed E-state index contributed by atoms with van der Waals surface area (Å²) in [6, 6.07) is 2.17. The number of amides is 3. The summed E-state index contributed by atoms with van der Waals surface area (Å²) >= 11 is 0. The lowest BCUT2D eigenvalue weighted by atomic mass is 10.1. The molecule has 2 fully saturated rings. The molecule has 0 spiro atoms. The molecule has 1 N–H and O–H groups in total. The van der Waals surface area contributed by atoms with Crippen LogP contribution in [0.4, 0.5) is 10.6 Å². The van der Waals surface area contributed by atoms with Crippen LogP contribution in [0.25, 0.3) is 0 Å². The fourth-order valence-electron chi connectivity index (χ4n) is 3.17. The number of carbonyl (C=O) groups excluding carboxylic acids is 3. The van der Waals surface area contributed by atoms with Crippen LogP contribution < -0.4 is 15.8 Å². The van der Waals surface area contributed by atoms with Crippen molar-refractivity contribution in [2.75, 3.05) is 31.1 Å². The molecule has 1 aromatic rings. The Morgan fingerprint density at radius 2 is 1.82 bits per heavy atom. The van der Waals surface area contributed by atoms with Crippen LogP contribution in [0.1, 0.15) is 39.7 Å². The molecular formula is C18H25N5O5. The van der Waals surface area contributed by atoms with E-state index in [1.165, 1.54) is 6.07 Å². The Morgan fingerprint density at radius 3 is 2.43 bits per heavy atom. The van der Waals surface area contributed by atoms with Crippen LogP contribution in [0.15, 0.2) is 16.9 Å². The van der Waals surface area contributed by atoms with E-state index in [1.54, 1.807) is 11.0 Å². The summed E-state index contributed by atoms with van der Waals surface area (Å²) in [5.74, 6) is -0.311. The van der Waals surface area contributed by atoms with Gasteiger partial charge >= 0.3 is 6.09 Å². The van der Waals surface area contributed by atoms with E-state index >= 15 is 0 Å². The Hall–Kier alpha value is -2.91. The first-order valence-electron chi connectivity index (χ1n) is 9.30. The zero-order valence-corrected chi connectivity index (χ0v) is 16.3.